The summed E-state index contributed by atoms with van der Waals surface area (Å²) < 4.78 is 0. The van der Waals surface area contributed by atoms with Crippen molar-refractivity contribution >= 4 is 11.4 Å². The SMILES string of the molecule is CCNc1cncc(N(CC)CC(C)(C)O)c1. The van der Waals surface area contributed by atoms with E-state index < -0.39 is 5.60 Å². The summed E-state index contributed by atoms with van der Waals surface area (Å²) in [5.41, 5.74) is 1.34. The molecule has 2 N–H and O–H groups in total. The Kier molecular flexibility index (Phi) is 4.75. The van der Waals surface area contributed by atoms with Gasteiger partial charge in [-0.05, 0) is 33.8 Å². The lowest BCUT2D eigenvalue weighted by molar-refractivity contribution is 0.0876. The summed E-state index contributed by atoms with van der Waals surface area (Å²) in [4.78, 5) is 6.34. The lowest BCUT2D eigenvalue weighted by Gasteiger charge is -2.29. The second kappa shape index (κ2) is 5.87. The molecule has 4 nitrogen and oxygen atoms in total. The molecule has 0 atom stereocenters. The Hall–Kier alpha value is -1.29. The molecule has 1 heterocycles. The molecule has 0 aromatic carbocycles. The summed E-state index contributed by atoms with van der Waals surface area (Å²) in [5, 5.41) is 13.1. The molecule has 4 heteroatoms. The van der Waals surface area contributed by atoms with Gasteiger partial charge < -0.3 is 15.3 Å². The van der Waals surface area contributed by atoms with Crippen LogP contribution in [0, 0.1) is 0 Å². The third-order valence-electron chi connectivity index (χ3n) is 2.43. The number of pyridine rings is 1. The molecule has 0 amide bonds. The van der Waals surface area contributed by atoms with Gasteiger partial charge in [-0.3, -0.25) is 4.98 Å². The van der Waals surface area contributed by atoms with E-state index in [4.69, 9.17) is 0 Å². The van der Waals surface area contributed by atoms with Gasteiger partial charge in [0, 0.05) is 19.6 Å². The van der Waals surface area contributed by atoms with Crippen LogP contribution in [0.3, 0.4) is 0 Å². The normalized spacial score (nSPS) is 11.4. The first-order chi connectivity index (χ1) is 7.96. The maximum Gasteiger partial charge on any atom is 0.0765 e. The Morgan fingerprint density at radius 2 is 2.06 bits per heavy atom. The largest absolute Gasteiger partial charge is 0.389 e. The van der Waals surface area contributed by atoms with Crippen LogP contribution in [0.5, 0.6) is 0 Å². The van der Waals surface area contributed by atoms with Crippen molar-refractivity contribution in [3.63, 3.8) is 0 Å². The zero-order valence-electron chi connectivity index (χ0n) is 11.2. The molecule has 17 heavy (non-hydrogen) atoms. The zero-order chi connectivity index (χ0) is 12.9. The summed E-state index contributed by atoms with van der Waals surface area (Å²) >= 11 is 0. The topological polar surface area (TPSA) is 48.4 Å². The van der Waals surface area contributed by atoms with E-state index in [0.29, 0.717) is 6.54 Å². The number of anilines is 2. The maximum atomic E-state index is 9.88. The summed E-state index contributed by atoms with van der Waals surface area (Å²) in [6, 6.07) is 2.06. The third-order valence-corrected chi connectivity index (χ3v) is 2.43. The molecule has 1 aromatic heterocycles. The van der Waals surface area contributed by atoms with E-state index in [1.165, 1.54) is 0 Å². The molecule has 0 saturated carbocycles. The van der Waals surface area contributed by atoms with Crippen molar-refractivity contribution in [1.82, 2.24) is 4.98 Å². The Morgan fingerprint density at radius 3 is 2.59 bits per heavy atom. The quantitative estimate of drug-likeness (QED) is 0.795. The second-order valence-corrected chi connectivity index (χ2v) is 4.79. The van der Waals surface area contributed by atoms with E-state index in [9.17, 15) is 5.11 Å². The van der Waals surface area contributed by atoms with Crippen LogP contribution < -0.4 is 10.2 Å². The Balaban J connectivity index is 2.84. The van der Waals surface area contributed by atoms with Crippen LogP contribution >= 0.6 is 0 Å². The van der Waals surface area contributed by atoms with E-state index in [0.717, 1.165) is 24.5 Å². The Morgan fingerprint density at radius 1 is 1.35 bits per heavy atom. The molecule has 1 rings (SSSR count). The van der Waals surface area contributed by atoms with Crippen molar-refractivity contribution in [2.45, 2.75) is 33.3 Å². The number of rotatable bonds is 6. The van der Waals surface area contributed by atoms with Gasteiger partial charge in [0.2, 0.25) is 0 Å². The minimum absolute atomic E-state index is 0.598. The van der Waals surface area contributed by atoms with Gasteiger partial charge in [0.25, 0.3) is 0 Å². The van der Waals surface area contributed by atoms with E-state index >= 15 is 0 Å². The second-order valence-electron chi connectivity index (χ2n) is 4.79. The van der Waals surface area contributed by atoms with Crippen molar-refractivity contribution < 1.29 is 5.11 Å². The van der Waals surface area contributed by atoms with Crippen molar-refractivity contribution in [1.29, 1.82) is 0 Å². The lowest BCUT2D eigenvalue weighted by atomic mass is 10.1. The minimum atomic E-state index is -0.704. The molecule has 0 radical (unpaired) electrons. The number of nitrogens with zero attached hydrogens (tertiary/aromatic N) is 2. The third kappa shape index (κ3) is 4.61. The fourth-order valence-corrected chi connectivity index (χ4v) is 1.75. The zero-order valence-corrected chi connectivity index (χ0v) is 11.2. The van der Waals surface area contributed by atoms with Crippen molar-refractivity contribution in [2.75, 3.05) is 29.9 Å². The summed E-state index contributed by atoms with van der Waals surface area (Å²) in [6.45, 7) is 10.1. The summed E-state index contributed by atoms with van der Waals surface area (Å²) in [5.74, 6) is 0. The highest BCUT2D eigenvalue weighted by molar-refractivity contribution is 5.55. The molecule has 0 fully saturated rings. The Labute approximate surface area is 104 Å². The monoisotopic (exact) mass is 237 g/mol. The number of likely N-dealkylation sites (N-methyl/N-ethyl adjacent to an activating group) is 1. The molecular formula is C13H23N3O. The van der Waals surface area contributed by atoms with Crippen molar-refractivity contribution in [3.05, 3.63) is 18.5 Å². The van der Waals surface area contributed by atoms with Crippen LogP contribution in [-0.2, 0) is 0 Å². The first kappa shape index (κ1) is 13.8. The van der Waals surface area contributed by atoms with Gasteiger partial charge in [0.1, 0.15) is 0 Å². The van der Waals surface area contributed by atoms with Crippen LogP contribution in [-0.4, -0.2) is 35.3 Å². The molecule has 0 unspecified atom stereocenters. The van der Waals surface area contributed by atoms with Gasteiger partial charge in [-0.25, -0.2) is 0 Å². The fourth-order valence-electron chi connectivity index (χ4n) is 1.75. The molecular weight excluding hydrogens is 214 g/mol. The number of hydrogen-bond donors (Lipinski definition) is 2. The van der Waals surface area contributed by atoms with E-state index in [1.807, 2.05) is 26.2 Å². The van der Waals surface area contributed by atoms with Crippen LogP contribution in [0.15, 0.2) is 18.5 Å². The Bertz CT molecular complexity index is 347. The van der Waals surface area contributed by atoms with Gasteiger partial charge in [-0.2, -0.15) is 0 Å². The predicted octanol–water partition coefficient (Wildman–Crippen LogP) is 2.11. The van der Waals surface area contributed by atoms with Gasteiger partial charge in [-0.1, -0.05) is 0 Å². The standard InChI is InChI=1S/C13H23N3O/c1-5-15-11-7-12(9-14-8-11)16(6-2)10-13(3,4)17/h7-9,15,17H,5-6,10H2,1-4H3. The molecule has 0 spiro atoms. The van der Waals surface area contributed by atoms with Crippen molar-refractivity contribution in [2.24, 2.45) is 0 Å². The smallest absolute Gasteiger partial charge is 0.0765 e. The highest BCUT2D eigenvalue weighted by Gasteiger charge is 2.17. The number of hydrogen-bond acceptors (Lipinski definition) is 4. The van der Waals surface area contributed by atoms with Crippen molar-refractivity contribution in [3.8, 4) is 0 Å². The van der Waals surface area contributed by atoms with Gasteiger partial charge >= 0.3 is 0 Å². The molecule has 0 saturated heterocycles. The number of aliphatic hydroxyl groups is 1. The van der Waals surface area contributed by atoms with E-state index in [-0.39, 0.29) is 0 Å². The van der Waals surface area contributed by atoms with Crippen LogP contribution in [0.25, 0.3) is 0 Å². The first-order valence-electron chi connectivity index (χ1n) is 6.12. The van der Waals surface area contributed by atoms with E-state index in [2.05, 4.69) is 35.1 Å². The first-order valence-corrected chi connectivity index (χ1v) is 6.12. The average Bonchev–Trinajstić information content (AvgIpc) is 2.25. The molecule has 0 aliphatic carbocycles. The maximum absolute atomic E-state index is 9.88. The fraction of sp³-hybridized carbons (Fsp3) is 0.615. The van der Waals surface area contributed by atoms with E-state index in [1.54, 1.807) is 0 Å². The number of aromatic nitrogens is 1. The molecule has 1 aromatic rings. The highest BCUT2D eigenvalue weighted by atomic mass is 16.3. The van der Waals surface area contributed by atoms with Crippen LogP contribution in [0.1, 0.15) is 27.7 Å². The molecule has 0 bridgehead atoms. The van der Waals surface area contributed by atoms with Crippen LogP contribution in [0.4, 0.5) is 11.4 Å². The van der Waals surface area contributed by atoms with Crippen LogP contribution in [0.2, 0.25) is 0 Å². The summed E-state index contributed by atoms with van der Waals surface area (Å²) in [7, 11) is 0. The minimum Gasteiger partial charge on any atom is -0.389 e. The van der Waals surface area contributed by atoms with Gasteiger partial charge in [0.15, 0.2) is 0 Å². The van der Waals surface area contributed by atoms with Gasteiger partial charge in [0.05, 0.1) is 29.4 Å². The summed E-state index contributed by atoms with van der Waals surface area (Å²) in [6.07, 6.45) is 3.64. The molecule has 96 valence electrons. The molecule has 0 aliphatic rings. The van der Waals surface area contributed by atoms with Gasteiger partial charge in [-0.15, -0.1) is 0 Å². The lowest BCUT2D eigenvalue weighted by Crippen LogP contribution is -2.38. The predicted molar refractivity (Wildman–Crippen MR) is 72.6 cm³/mol. The number of nitrogens with one attached hydrogen (secondary N) is 1. The average molecular weight is 237 g/mol. The molecule has 0 aliphatic heterocycles. The highest BCUT2D eigenvalue weighted by Crippen LogP contribution is 2.19.